The van der Waals surface area contributed by atoms with Crippen LogP contribution in [0.3, 0.4) is 0 Å². The normalized spacial score (nSPS) is 26.0. The van der Waals surface area contributed by atoms with E-state index < -0.39 is 12.1 Å². The molecule has 2 rings (SSSR count). The number of halogens is 3. The smallest absolute Gasteiger partial charge is 0.475 e. The third-order valence-electron chi connectivity index (χ3n) is 4.87. The number of piperidine rings is 1. The largest absolute Gasteiger partial charge is 0.490 e. The predicted molar refractivity (Wildman–Crippen MR) is 83.5 cm³/mol. The van der Waals surface area contributed by atoms with E-state index in [2.05, 4.69) is 32.6 Å². The molecule has 24 heavy (non-hydrogen) atoms. The molecule has 1 amide bonds. The molecule has 2 fully saturated rings. The predicted octanol–water partition coefficient (Wildman–Crippen LogP) is 2.75. The molecule has 2 heterocycles. The molecule has 0 radical (unpaired) electrons. The number of carbonyl (C=O) groups excluding carboxylic acids is 1. The average molecular weight is 352 g/mol. The molecular formula is C16H27F3N2O3. The second-order valence-electron chi connectivity index (χ2n) is 6.94. The first kappa shape index (κ1) is 20.7. The topological polar surface area (TPSA) is 60.9 Å². The van der Waals surface area contributed by atoms with Crippen molar-refractivity contribution in [1.29, 1.82) is 0 Å². The van der Waals surface area contributed by atoms with E-state index in [9.17, 15) is 18.0 Å². The van der Waals surface area contributed by atoms with Gasteiger partial charge in [-0.15, -0.1) is 0 Å². The zero-order valence-corrected chi connectivity index (χ0v) is 14.7. The summed E-state index contributed by atoms with van der Waals surface area (Å²) in [6.45, 7) is 11.9. The van der Waals surface area contributed by atoms with E-state index >= 15 is 0 Å². The van der Waals surface area contributed by atoms with Crippen LogP contribution in [0.1, 0.15) is 47.0 Å². The molecule has 2 aliphatic rings. The lowest BCUT2D eigenvalue weighted by Crippen LogP contribution is -2.69. The van der Waals surface area contributed by atoms with Crippen molar-refractivity contribution in [2.24, 2.45) is 5.41 Å². The van der Waals surface area contributed by atoms with Gasteiger partial charge in [-0.05, 0) is 46.6 Å². The van der Waals surface area contributed by atoms with Gasteiger partial charge >= 0.3 is 12.1 Å². The van der Waals surface area contributed by atoms with E-state index in [1.165, 1.54) is 19.4 Å². The van der Waals surface area contributed by atoms with Crippen LogP contribution in [0, 0.1) is 5.41 Å². The summed E-state index contributed by atoms with van der Waals surface area (Å²) in [5.74, 6) is -2.35. The molecule has 2 aliphatic heterocycles. The Hall–Kier alpha value is -1.31. The molecule has 2 atom stereocenters. The van der Waals surface area contributed by atoms with Gasteiger partial charge in [-0.25, -0.2) is 4.79 Å². The fourth-order valence-corrected chi connectivity index (χ4v) is 3.20. The fourth-order valence-electron chi connectivity index (χ4n) is 3.20. The van der Waals surface area contributed by atoms with E-state index in [4.69, 9.17) is 9.90 Å². The molecular weight excluding hydrogens is 325 g/mol. The molecule has 0 bridgehead atoms. The van der Waals surface area contributed by atoms with Gasteiger partial charge < -0.3 is 10.0 Å². The maximum absolute atomic E-state index is 12.3. The summed E-state index contributed by atoms with van der Waals surface area (Å²) in [6.07, 6.45) is -1.62. The van der Waals surface area contributed by atoms with Gasteiger partial charge in [0.2, 0.25) is 5.91 Å². The first-order valence-corrected chi connectivity index (χ1v) is 8.30. The van der Waals surface area contributed by atoms with Crippen molar-refractivity contribution in [3.05, 3.63) is 0 Å². The Morgan fingerprint density at radius 3 is 2.21 bits per heavy atom. The number of likely N-dealkylation sites (tertiary alicyclic amines) is 2. The Morgan fingerprint density at radius 1 is 1.29 bits per heavy atom. The molecule has 5 nitrogen and oxygen atoms in total. The Kier molecular flexibility index (Phi) is 6.67. The number of carbonyl (C=O) groups is 2. The minimum atomic E-state index is -5.08. The molecule has 8 heteroatoms. The lowest BCUT2D eigenvalue weighted by Gasteiger charge is -2.55. The van der Waals surface area contributed by atoms with Gasteiger partial charge in [-0.2, -0.15) is 13.2 Å². The summed E-state index contributed by atoms with van der Waals surface area (Å²) in [7, 11) is 0. The summed E-state index contributed by atoms with van der Waals surface area (Å²) < 4.78 is 31.7. The summed E-state index contributed by atoms with van der Waals surface area (Å²) in [5.41, 5.74) is -0.0219. The van der Waals surface area contributed by atoms with Crippen LogP contribution in [0.15, 0.2) is 0 Å². The number of hydrogen-bond donors (Lipinski definition) is 1. The van der Waals surface area contributed by atoms with Gasteiger partial charge in [0.1, 0.15) is 0 Å². The monoisotopic (exact) mass is 352 g/mol. The Balaban J connectivity index is 0.000000351. The molecule has 2 saturated heterocycles. The van der Waals surface area contributed by atoms with Gasteiger partial charge in [-0.1, -0.05) is 6.92 Å². The van der Waals surface area contributed by atoms with Crippen LogP contribution in [0.2, 0.25) is 0 Å². The van der Waals surface area contributed by atoms with Crippen molar-refractivity contribution >= 4 is 11.9 Å². The fraction of sp³-hybridized carbons (Fsp3) is 0.875. The maximum Gasteiger partial charge on any atom is 0.490 e. The quantitative estimate of drug-likeness (QED) is 0.794. The number of amides is 1. The number of aliphatic carboxylic acids is 1. The number of rotatable bonds is 3. The Bertz CT molecular complexity index is 468. The molecule has 0 aliphatic carbocycles. The SMILES string of the molecule is CCC(C)N1CCCC2(C1)CN(C(C)C)C2=O.O=C(O)C(F)(F)F. The zero-order valence-electron chi connectivity index (χ0n) is 14.7. The van der Waals surface area contributed by atoms with Crippen LogP contribution in [0.25, 0.3) is 0 Å². The van der Waals surface area contributed by atoms with E-state index in [-0.39, 0.29) is 5.41 Å². The first-order chi connectivity index (χ1) is 10.9. The van der Waals surface area contributed by atoms with Gasteiger partial charge in [0, 0.05) is 25.2 Å². The highest BCUT2D eigenvalue weighted by Gasteiger charge is 2.54. The first-order valence-electron chi connectivity index (χ1n) is 8.30. The van der Waals surface area contributed by atoms with Crippen LogP contribution in [0.5, 0.6) is 0 Å². The molecule has 1 spiro atoms. The van der Waals surface area contributed by atoms with Crippen LogP contribution < -0.4 is 0 Å². The van der Waals surface area contributed by atoms with Crippen LogP contribution in [-0.2, 0) is 9.59 Å². The van der Waals surface area contributed by atoms with Crippen molar-refractivity contribution in [1.82, 2.24) is 9.80 Å². The third kappa shape index (κ3) is 4.62. The number of β-lactam (4-membered cyclic amide) rings is 1. The third-order valence-corrected chi connectivity index (χ3v) is 4.87. The van der Waals surface area contributed by atoms with Crippen LogP contribution >= 0.6 is 0 Å². The van der Waals surface area contributed by atoms with E-state index in [1.807, 2.05) is 4.90 Å². The van der Waals surface area contributed by atoms with Gasteiger partial charge in [0.05, 0.1) is 5.41 Å². The second kappa shape index (κ2) is 7.72. The number of carboxylic acids is 1. The number of alkyl halides is 3. The maximum atomic E-state index is 12.3. The number of carboxylic acid groups (broad SMARTS) is 1. The average Bonchev–Trinajstić information content (AvgIpc) is 2.51. The van der Waals surface area contributed by atoms with Crippen molar-refractivity contribution in [3.8, 4) is 0 Å². The zero-order chi connectivity index (χ0) is 18.7. The Morgan fingerprint density at radius 2 is 1.83 bits per heavy atom. The molecule has 0 aromatic heterocycles. The van der Waals surface area contributed by atoms with Gasteiger partial charge in [0.25, 0.3) is 0 Å². The summed E-state index contributed by atoms with van der Waals surface area (Å²) in [4.78, 5) is 25.8. The molecule has 0 aromatic carbocycles. The number of hydrogen-bond acceptors (Lipinski definition) is 3. The van der Waals surface area contributed by atoms with E-state index in [1.54, 1.807) is 0 Å². The molecule has 0 saturated carbocycles. The van der Waals surface area contributed by atoms with E-state index in [0.29, 0.717) is 18.0 Å². The second-order valence-corrected chi connectivity index (χ2v) is 6.94. The lowest BCUT2D eigenvalue weighted by atomic mass is 9.71. The standard InChI is InChI=1S/C14H26N2O.C2HF3O2/c1-5-12(4)15-8-6-7-14(9-15)10-16(11(2)3)13(14)17;3-2(4,5)1(6)7/h11-12H,5-10H2,1-4H3;(H,6,7). The minimum absolute atomic E-state index is 0.0219. The van der Waals surface area contributed by atoms with Crippen molar-refractivity contribution in [2.45, 2.75) is 65.2 Å². The van der Waals surface area contributed by atoms with Crippen LogP contribution in [0.4, 0.5) is 13.2 Å². The van der Waals surface area contributed by atoms with Crippen molar-refractivity contribution < 1.29 is 27.9 Å². The molecule has 2 unspecified atom stereocenters. The number of nitrogens with zero attached hydrogens (tertiary/aromatic N) is 2. The van der Waals surface area contributed by atoms with E-state index in [0.717, 1.165) is 19.5 Å². The van der Waals surface area contributed by atoms with Crippen molar-refractivity contribution in [2.75, 3.05) is 19.6 Å². The Labute approximate surface area is 140 Å². The molecule has 140 valence electrons. The van der Waals surface area contributed by atoms with Crippen LogP contribution in [-0.4, -0.2) is 64.7 Å². The van der Waals surface area contributed by atoms with Gasteiger partial charge in [0.15, 0.2) is 0 Å². The van der Waals surface area contributed by atoms with Gasteiger partial charge in [-0.3, -0.25) is 9.69 Å². The lowest BCUT2D eigenvalue weighted by molar-refractivity contribution is -0.192. The highest BCUT2D eigenvalue weighted by atomic mass is 19.4. The molecule has 1 N–H and O–H groups in total. The summed E-state index contributed by atoms with van der Waals surface area (Å²) in [5, 5.41) is 7.12. The molecule has 0 aromatic rings. The highest BCUT2D eigenvalue weighted by Crippen LogP contribution is 2.41. The highest BCUT2D eigenvalue weighted by molar-refractivity contribution is 5.89. The van der Waals surface area contributed by atoms with Crippen molar-refractivity contribution in [3.63, 3.8) is 0 Å². The minimum Gasteiger partial charge on any atom is -0.475 e. The summed E-state index contributed by atoms with van der Waals surface area (Å²) in [6, 6.07) is 0.986. The summed E-state index contributed by atoms with van der Waals surface area (Å²) >= 11 is 0.